The number of carbonyl (C=O) groups excluding carboxylic acids is 2. The van der Waals surface area contributed by atoms with Crippen molar-refractivity contribution in [2.24, 2.45) is 0 Å². The van der Waals surface area contributed by atoms with Crippen LogP contribution in [0.1, 0.15) is 43.2 Å². The highest BCUT2D eigenvalue weighted by atomic mass is 35.5. The van der Waals surface area contributed by atoms with Crippen molar-refractivity contribution in [1.82, 2.24) is 15.5 Å². The molecule has 252 valence electrons. The van der Waals surface area contributed by atoms with Gasteiger partial charge in [0.1, 0.15) is 18.3 Å². The number of aryl methyl sites for hydroxylation is 1. The molecular formula is C33H46ClN5O7. The quantitative estimate of drug-likeness (QED) is 0.146. The molecule has 0 unspecified atom stereocenters. The van der Waals surface area contributed by atoms with Gasteiger partial charge >= 0.3 is 6.03 Å². The minimum Gasteiger partial charge on any atom is -0.394 e. The summed E-state index contributed by atoms with van der Waals surface area (Å²) in [6.07, 6.45) is -1.12. The van der Waals surface area contributed by atoms with Gasteiger partial charge in [-0.05, 0) is 74.4 Å². The van der Waals surface area contributed by atoms with Crippen molar-refractivity contribution in [2.45, 2.75) is 81.6 Å². The Morgan fingerprint density at radius 1 is 0.913 bits per heavy atom. The van der Waals surface area contributed by atoms with Crippen LogP contribution in [0, 0.1) is 0 Å². The molecule has 0 aromatic heterocycles. The molecule has 7 N–H and O–H groups in total. The molecule has 2 fully saturated rings. The van der Waals surface area contributed by atoms with Crippen molar-refractivity contribution in [1.29, 1.82) is 0 Å². The molecule has 12 nitrogen and oxygen atoms in total. The SMILES string of the molecule is O=C(NCCCc1ccc(Cl)c(CN2CCC[C@H]2C(=O)N2CCN(C3CC3)c3ccccc32)c1)NC[C@H](O)[C@@H](O)[C@H](O)[C@H](O)CO. The predicted octanol–water partition coefficient (Wildman–Crippen LogP) is 0.988. The monoisotopic (exact) mass is 659 g/mol. The van der Waals surface area contributed by atoms with Gasteiger partial charge < -0.3 is 46.0 Å². The molecule has 0 radical (unpaired) electrons. The molecule has 2 aliphatic heterocycles. The van der Waals surface area contributed by atoms with Gasteiger partial charge in [0.2, 0.25) is 5.91 Å². The standard InChI is InChI=1S/C33H46ClN5O7/c34-24-12-9-21(5-3-13-35-33(46)36-18-28(41)30(43)31(44)29(42)20-40)17-22(24)19-37-14-4-8-27(37)32(45)39-16-15-38(23-10-11-23)25-6-1-2-7-26(25)39/h1-2,6-7,9,12,17,23,27-31,40-44H,3-5,8,10-11,13-16,18-20H2,(H2,35,36,46)/t27-,28-,29+,30+,31+/m0/s1. The van der Waals surface area contributed by atoms with E-state index in [2.05, 4.69) is 38.6 Å². The summed E-state index contributed by atoms with van der Waals surface area (Å²) in [5.74, 6) is 0.151. The summed E-state index contributed by atoms with van der Waals surface area (Å²) in [6.45, 7) is 2.17. The second kappa shape index (κ2) is 15.7. The lowest BCUT2D eigenvalue weighted by molar-refractivity contribution is -0.123. The van der Waals surface area contributed by atoms with Crippen LogP contribution in [0.2, 0.25) is 5.02 Å². The molecule has 13 heteroatoms. The highest BCUT2D eigenvalue weighted by molar-refractivity contribution is 6.31. The molecule has 1 saturated heterocycles. The summed E-state index contributed by atoms with van der Waals surface area (Å²) in [7, 11) is 0. The molecule has 1 saturated carbocycles. The molecule has 0 bridgehead atoms. The number of nitrogens with zero attached hydrogens (tertiary/aromatic N) is 3. The number of rotatable bonds is 14. The number of halogens is 1. The third-order valence-electron chi connectivity index (χ3n) is 9.16. The maximum Gasteiger partial charge on any atom is 0.314 e. The Labute approximate surface area is 274 Å². The van der Waals surface area contributed by atoms with Gasteiger partial charge in [0.05, 0.1) is 30.1 Å². The van der Waals surface area contributed by atoms with Crippen molar-refractivity contribution in [2.75, 3.05) is 49.1 Å². The predicted molar refractivity (Wildman–Crippen MR) is 175 cm³/mol. The lowest BCUT2D eigenvalue weighted by Gasteiger charge is -2.40. The normalized spacial score (nSPS) is 21.0. The van der Waals surface area contributed by atoms with E-state index in [4.69, 9.17) is 16.7 Å². The maximum absolute atomic E-state index is 14.0. The molecule has 0 spiro atoms. The van der Waals surface area contributed by atoms with Crippen LogP contribution in [0.4, 0.5) is 16.2 Å². The van der Waals surface area contributed by atoms with Gasteiger partial charge in [-0.1, -0.05) is 35.9 Å². The number of fused-ring (bicyclic) bond motifs is 1. The molecular weight excluding hydrogens is 614 g/mol. The number of anilines is 2. The highest BCUT2D eigenvalue weighted by Gasteiger charge is 2.39. The maximum atomic E-state index is 14.0. The Morgan fingerprint density at radius 2 is 1.65 bits per heavy atom. The fraction of sp³-hybridized carbons (Fsp3) is 0.576. The van der Waals surface area contributed by atoms with Crippen LogP contribution < -0.4 is 20.4 Å². The van der Waals surface area contributed by atoms with Crippen LogP contribution in [0.15, 0.2) is 42.5 Å². The number of aliphatic hydroxyl groups excluding tert-OH is 5. The molecule has 5 atom stereocenters. The van der Waals surface area contributed by atoms with Gasteiger partial charge in [0.25, 0.3) is 0 Å². The number of urea groups is 1. The smallest absolute Gasteiger partial charge is 0.314 e. The lowest BCUT2D eigenvalue weighted by atomic mass is 10.0. The van der Waals surface area contributed by atoms with Crippen LogP contribution in [0.5, 0.6) is 0 Å². The van der Waals surface area contributed by atoms with Gasteiger partial charge in [0, 0.05) is 43.8 Å². The number of amides is 3. The molecule has 2 heterocycles. The number of benzene rings is 2. The second-order valence-electron chi connectivity index (χ2n) is 12.5. The molecule has 46 heavy (non-hydrogen) atoms. The fourth-order valence-electron chi connectivity index (χ4n) is 6.41. The zero-order valence-corrected chi connectivity index (χ0v) is 26.7. The Kier molecular flexibility index (Phi) is 11.8. The van der Waals surface area contributed by atoms with Gasteiger partial charge in [-0.15, -0.1) is 0 Å². The Balaban J connectivity index is 1.10. The average Bonchev–Trinajstić information content (AvgIpc) is 3.82. The first-order chi connectivity index (χ1) is 22.2. The van der Waals surface area contributed by atoms with Gasteiger partial charge in [-0.2, -0.15) is 0 Å². The van der Waals surface area contributed by atoms with Crippen LogP contribution in [0.25, 0.3) is 0 Å². The van der Waals surface area contributed by atoms with E-state index in [-0.39, 0.29) is 18.5 Å². The molecule has 2 aromatic carbocycles. The Hall–Kier alpha value is -2.97. The summed E-state index contributed by atoms with van der Waals surface area (Å²) < 4.78 is 0. The van der Waals surface area contributed by atoms with Crippen LogP contribution in [-0.4, -0.2) is 118 Å². The number of nitrogens with one attached hydrogen (secondary N) is 2. The van der Waals surface area contributed by atoms with E-state index in [1.165, 1.54) is 12.8 Å². The fourth-order valence-corrected chi connectivity index (χ4v) is 6.59. The van der Waals surface area contributed by atoms with E-state index >= 15 is 0 Å². The topological polar surface area (TPSA) is 169 Å². The summed E-state index contributed by atoms with van der Waals surface area (Å²) >= 11 is 6.63. The van der Waals surface area contributed by atoms with E-state index in [1.807, 2.05) is 29.2 Å². The third kappa shape index (κ3) is 8.29. The zero-order valence-electron chi connectivity index (χ0n) is 26.0. The van der Waals surface area contributed by atoms with E-state index in [9.17, 15) is 30.0 Å². The summed E-state index contributed by atoms with van der Waals surface area (Å²) in [5, 5.41) is 53.5. The van der Waals surface area contributed by atoms with Crippen molar-refractivity contribution in [3.05, 3.63) is 58.6 Å². The van der Waals surface area contributed by atoms with Gasteiger partial charge in [0.15, 0.2) is 0 Å². The van der Waals surface area contributed by atoms with Gasteiger partial charge in [-0.3, -0.25) is 9.69 Å². The van der Waals surface area contributed by atoms with Crippen molar-refractivity contribution >= 4 is 34.9 Å². The third-order valence-corrected chi connectivity index (χ3v) is 9.53. The Morgan fingerprint density at radius 3 is 2.39 bits per heavy atom. The van der Waals surface area contributed by atoms with Crippen molar-refractivity contribution in [3.8, 4) is 0 Å². The largest absolute Gasteiger partial charge is 0.394 e. The molecule has 3 amide bonds. The number of para-hydroxylation sites is 2. The van der Waals surface area contributed by atoms with E-state index in [0.717, 1.165) is 48.4 Å². The van der Waals surface area contributed by atoms with E-state index < -0.39 is 37.1 Å². The summed E-state index contributed by atoms with van der Waals surface area (Å²) in [4.78, 5) is 32.8. The summed E-state index contributed by atoms with van der Waals surface area (Å²) in [5.41, 5.74) is 4.18. The van der Waals surface area contributed by atoms with E-state index in [0.29, 0.717) is 43.5 Å². The number of carbonyl (C=O) groups is 2. The molecule has 1 aliphatic carbocycles. The Bertz CT molecular complexity index is 1350. The first-order valence-corrected chi connectivity index (χ1v) is 16.6. The number of aliphatic hydroxyl groups is 5. The number of hydrogen-bond donors (Lipinski definition) is 7. The van der Waals surface area contributed by atoms with Crippen LogP contribution in [0.3, 0.4) is 0 Å². The van der Waals surface area contributed by atoms with Crippen LogP contribution >= 0.6 is 11.6 Å². The van der Waals surface area contributed by atoms with Gasteiger partial charge in [-0.25, -0.2) is 4.79 Å². The summed E-state index contributed by atoms with van der Waals surface area (Å²) in [6, 6.07) is 14.0. The van der Waals surface area contributed by atoms with Crippen molar-refractivity contribution < 1.29 is 35.1 Å². The number of likely N-dealkylation sites (tertiary alicyclic amines) is 1. The minimum absolute atomic E-state index is 0.151. The first-order valence-electron chi connectivity index (χ1n) is 16.2. The van der Waals surface area contributed by atoms with E-state index in [1.54, 1.807) is 0 Å². The average molecular weight is 660 g/mol. The highest BCUT2D eigenvalue weighted by Crippen LogP contribution is 2.40. The molecule has 2 aromatic rings. The number of hydrogen-bond acceptors (Lipinski definition) is 9. The minimum atomic E-state index is -1.75. The van der Waals surface area contributed by atoms with Crippen molar-refractivity contribution in [3.63, 3.8) is 0 Å². The first kappa shape index (κ1) is 34.4. The molecule has 5 rings (SSSR count). The zero-order chi connectivity index (χ0) is 32.8. The lowest BCUT2D eigenvalue weighted by Crippen LogP contribution is -2.51. The van der Waals surface area contributed by atoms with Crippen LogP contribution in [-0.2, 0) is 17.8 Å². The second-order valence-corrected chi connectivity index (χ2v) is 12.9. The molecule has 3 aliphatic rings.